The van der Waals surface area contributed by atoms with E-state index < -0.39 is 6.04 Å². The van der Waals surface area contributed by atoms with E-state index in [4.69, 9.17) is 4.74 Å². The molecule has 0 fully saturated rings. The Balaban J connectivity index is 1.92. The molecule has 120 valence electrons. The summed E-state index contributed by atoms with van der Waals surface area (Å²) in [6.45, 7) is 2.31. The van der Waals surface area contributed by atoms with Crippen molar-refractivity contribution in [1.82, 2.24) is 14.7 Å². The van der Waals surface area contributed by atoms with Crippen LogP contribution in [0.4, 0.5) is 0 Å². The zero-order valence-corrected chi connectivity index (χ0v) is 13.4. The van der Waals surface area contributed by atoms with Crippen LogP contribution in [0.3, 0.4) is 0 Å². The average molecular weight is 313 g/mol. The van der Waals surface area contributed by atoms with Crippen molar-refractivity contribution >= 4 is 11.9 Å². The van der Waals surface area contributed by atoms with Crippen LogP contribution < -0.4 is 0 Å². The minimum atomic E-state index is -0.540. The van der Waals surface area contributed by atoms with Gasteiger partial charge in [0.05, 0.1) is 13.3 Å². The Hall–Kier alpha value is -2.63. The lowest BCUT2D eigenvalue weighted by molar-refractivity contribution is -0.146. The number of ether oxygens (including phenoxy) is 1. The van der Waals surface area contributed by atoms with Crippen molar-refractivity contribution in [3.8, 4) is 11.1 Å². The number of hydrogen-bond donors (Lipinski definition) is 0. The summed E-state index contributed by atoms with van der Waals surface area (Å²) in [5.74, 6) is -0.496. The van der Waals surface area contributed by atoms with Crippen molar-refractivity contribution < 1.29 is 14.3 Å². The highest BCUT2D eigenvalue weighted by Gasteiger charge is 2.36. The molecule has 1 aliphatic heterocycles. The minimum Gasteiger partial charge on any atom is -0.467 e. The second-order valence-electron chi connectivity index (χ2n) is 5.65. The summed E-state index contributed by atoms with van der Waals surface area (Å²) in [5, 5.41) is 4.16. The van der Waals surface area contributed by atoms with Gasteiger partial charge in [-0.25, -0.2) is 4.79 Å². The van der Waals surface area contributed by atoms with Gasteiger partial charge in [-0.1, -0.05) is 19.1 Å². The molecule has 0 spiro atoms. The van der Waals surface area contributed by atoms with E-state index >= 15 is 0 Å². The fraction of sp³-hybridized carbons (Fsp3) is 0.353. The summed E-state index contributed by atoms with van der Waals surface area (Å²) in [4.78, 5) is 26.2. The van der Waals surface area contributed by atoms with Gasteiger partial charge in [0.1, 0.15) is 6.04 Å². The van der Waals surface area contributed by atoms with E-state index in [-0.39, 0.29) is 11.9 Å². The van der Waals surface area contributed by atoms with E-state index in [0.29, 0.717) is 18.5 Å². The Morgan fingerprint density at radius 1 is 1.39 bits per heavy atom. The van der Waals surface area contributed by atoms with Gasteiger partial charge in [-0.15, -0.1) is 0 Å². The van der Waals surface area contributed by atoms with Crippen LogP contribution in [0.2, 0.25) is 0 Å². The van der Waals surface area contributed by atoms with E-state index in [1.165, 1.54) is 7.11 Å². The summed E-state index contributed by atoms with van der Waals surface area (Å²) in [5.41, 5.74) is 3.48. The quantitative estimate of drug-likeness (QED) is 0.810. The van der Waals surface area contributed by atoms with Crippen molar-refractivity contribution in [2.24, 2.45) is 7.05 Å². The second-order valence-corrected chi connectivity index (χ2v) is 5.65. The third-order valence-corrected chi connectivity index (χ3v) is 4.22. The van der Waals surface area contributed by atoms with Crippen LogP contribution in [0.1, 0.15) is 29.3 Å². The average Bonchev–Trinajstić information content (AvgIpc) is 3.12. The fourth-order valence-corrected chi connectivity index (χ4v) is 2.98. The number of carbonyl (C=O) groups excluding carboxylic acids is 2. The van der Waals surface area contributed by atoms with Crippen molar-refractivity contribution in [3.05, 3.63) is 41.7 Å². The topological polar surface area (TPSA) is 64.4 Å². The van der Waals surface area contributed by atoms with Gasteiger partial charge in [-0.3, -0.25) is 9.48 Å². The normalized spacial score (nSPS) is 14.7. The summed E-state index contributed by atoms with van der Waals surface area (Å²) in [6.07, 6.45) is 4.20. The van der Waals surface area contributed by atoms with E-state index in [2.05, 4.69) is 5.10 Å². The zero-order chi connectivity index (χ0) is 16.6. The largest absolute Gasteiger partial charge is 0.467 e. The van der Waals surface area contributed by atoms with E-state index in [0.717, 1.165) is 16.7 Å². The summed E-state index contributed by atoms with van der Waals surface area (Å²) >= 11 is 0. The molecule has 1 aromatic heterocycles. The molecule has 1 aliphatic rings. The molecule has 23 heavy (non-hydrogen) atoms. The molecule has 0 saturated carbocycles. The molecule has 0 bridgehead atoms. The molecule has 1 atom stereocenters. The van der Waals surface area contributed by atoms with E-state index in [1.807, 2.05) is 38.4 Å². The molecule has 0 radical (unpaired) electrons. The van der Waals surface area contributed by atoms with Crippen molar-refractivity contribution in [1.29, 1.82) is 0 Å². The molecule has 1 aromatic carbocycles. The molecule has 1 unspecified atom stereocenters. The van der Waals surface area contributed by atoms with E-state index in [9.17, 15) is 9.59 Å². The molecule has 2 heterocycles. The molecule has 3 rings (SSSR count). The first-order valence-electron chi connectivity index (χ1n) is 7.56. The van der Waals surface area contributed by atoms with E-state index in [1.54, 1.807) is 15.8 Å². The van der Waals surface area contributed by atoms with Crippen molar-refractivity contribution in [2.75, 3.05) is 7.11 Å². The maximum absolute atomic E-state index is 12.7. The molecule has 0 N–H and O–H groups in total. The Morgan fingerprint density at radius 3 is 2.78 bits per heavy atom. The highest BCUT2D eigenvalue weighted by Crippen LogP contribution is 2.30. The van der Waals surface area contributed by atoms with Gasteiger partial charge in [0.2, 0.25) is 0 Å². The molecule has 1 amide bonds. The first-order chi connectivity index (χ1) is 11.0. The number of fused-ring (bicyclic) bond motifs is 1. The highest BCUT2D eigenvalue weighted by atomic mass is 16.5. The molecule has 6 nitrogen and oxygen atoms in total. The van der Waals surface area contributed by atoms with Crippen LogP contribution in [0.15, 0.2) is 30.6 Å². The Kier molecular flexibility index (Phi) is 3.90. The first kappa shape index (κ1) is 15.3. The van der Waals surface area contributed by atoms with Gasteiger partial charge in [0.15, 0.2) is 0 Å². The Labute approximate surface area is 134 Å². The molecular formula is C17H19N3O3. The van der Waals surface area contributed by atoms with Gasteiger partial charge in [-0.05, 0) is 23.6 Å². The van der Waals surface area contributed by atoms with Crippen LogP contribution in [0, 0.1) is 0 Å². The minimum absolute atomic E-state index is 0.122. The highest BCUT2D eigenvalue weighted by molar-refractivity contribution is 6.01. The molecule has 0 aliphatic carbocycles. The predicted octanol–water partition coefficient (Wildman–Crippen LogP) is 1.99. The third-order valence-electron chi connectivity index (χ3n) is 4.22. The van der Waals surface area contributed by atoms with Gasteiger partial charge in [0, 0.05) is 30.9 Å². The predicted molar refractivity (Wildman–Crippen MR) is 84.6 cm³/mol. The number of aromatic nitrogens is 2. The van der Waals surface area contributed by atoms with Gasteiger partial charge < -0.3 is 9.64 Å². The number of methoxy groups -OCH3 is 1. The monoisotopic (exact) mass is 313 g/mol. The van der Waals surface area contributed by atoms with Crippen LogP contribution in [-0.2, 0) is 23.1 Å². The number of amides is 1. The Bertz CT molecular complexity index is 766. The van der Waals surface area contributed by atoms with Crippen LogP contribution >= 0.6 is 0 Å². The summed E-state index contributed by atoms with van der Waals surface area (Å²) in [6, 6.07) is 5.26. The lowest BCUT2D eigenvalue weighted by Gasteiger charge is -2.24. The van der Waals surface area contributed by atoms with Crippen LogP contribution in [-0.4, -0.2) is 39.7 Å². The number of benzene rings is 1. The van der Waals surface area contributed by atoms with Crippen molar-refractivity contribution in [3.63, 3.8) is 0 Å². The number of aryl methyl sites for hydroxylation is 1. The number of esters is 1. The first-order valence-corrected chi connectivity index (χ1v) is 7.56. The maximum atomic E-state index is 12.7. The molecule has 2 aromatic rings. The van der Waals surface area contributed by atoms with Gasteiger partial charge in [0.25, 0.3) is 5.91 Å². The maximum Gasteiger partial charge on any atom is 0.328 e. The lowest BCUT2D eigenvalue weighted by Crippen LogP contribution is -2.41. The molecule has 6 heteroatoms. The number of hydrogen-bond acceptors (Lipinski definition) is 4. The molecule has 0 saturated heterocycles. The van der Waals surface area contributed by atoms with Crippen LogP contribution in [0.25, 0.3) is 11.1 Å². The summed E-state index contributed by atoms with van der Waals surface area (Å²) in [7, 11) is 3.20. The lowest BCUT2D eigenvalue weighted by atomic mass is 10.0. The van der Waals surface area contributed by atoms with Crippen molar-refractivity contribution in [2.45, 2.75) is 25.9 Å². The molecular weight excluding hydrogens is 294 g/mol. The SMILES string of the molecule is CCC(C(=O)OC)N1Cc2ccc(-c3cnn(C)c3)cc2C1=O. The van der Waals surface area contributed by atoms with Gasteiger partial charge in [-0.2, -0.15) is 5.10 Å². The number of rotatable bonds is 4. The Morgan fingerprint density at radius 2 is 2.17 bits per heavy atom. The fourth-order valence-electron chi connectivity index (χ4n) is 2.98. The summed E-state index contributed by atoms with van der Waals surface area (Å²) < 4.78 is 6.54. The standard InChI is InChI=1S/C17H19N3O3/c1-4-15(17(22)23-3)20-10-12-6-5-11(7-14(12)16(20)21)13-8-18-19(2)9-13/h5-9,15H,4,10H2,1-3H3. The second kappa shape index (κ2) is 5.87. The van der Waals surface area contributed by atoms with Crippen LogP contribution in [0.5, 0.6) is 0 Å². The number of nitrogens with zero attached hydrogens (tertiary/aromatic N) is 3. The van der Waals surface area contributed by atoms with Gasteiger partial charge >= 0.3 is 5.97 Å². The smallest absolute Gasteiger partial charge is 0.328 e. The third kappa shape index (κ3) is 2.60. The number of carbonyl (C=O) groups is 2. The zero-order valence-electron chi connectivity index (χ0n) is 13.4.